The summed E-state index contributed by atoms with van der Waals surface area (Å²) in [5, 5.41) is 0.680. The zero-order chi connectivity index (χ0) is 12.1. The maximum absolute atomic E-state index is 6.20. The number of ether oxygens (including phenoxy) is 1. The fourth-order valence-corrected chi connectivity index (χ4v) is 4.30. The van der Waals surface area contributed by atoms with Gasteiger partial charge in [-0.3, -0.25) is 4.98 Å². The van der Waals surface area contributed by atoms with E-state index in [9.17, 15) is 0 Å². The topological polar surface area (TPSA) is 25.4 Å². The first-order valence-corrected chi connectivity index (χ1v) is 7.16. The van der Waals surface area contributed by atoms with Gasteiger partial charge in [0.15, 0.2) is 5.75 Å². The predicted molar refractivity (Wildman–Crippen MR) is 69.8 cm³/mol. The van der Waals surface area contributed by atoms with Gasteiger partial charge >= 0.3 is 0 Å². The van der Waals surface area contributed by atoms with E-state index in [-0.39, 0.29) is 0 Å². The lowest BCUT2D eigenvalue weighted by Crippen LogP contribution is -2.61. The molecule has 0 radical (unpaired) electrons. The van der Waals surface area contributed by atoms with E-state index in [1.54, 1.807) is 18.5 Å². The summed E-state index contributed by atoms with van der Waals surface area (Å²) in [6.45, 7) is 3.72. The third-order valence-electron chi connectivity index (χ3n) is 4.70. The average Bonchev–Trinajstić information content (AvgIpc) is 2.35. The zero-order valence-electron chi connectivity index (χ0n) is 10.3. The van der Waals surface area contributed by atoms with E-state index < -0.39 is 0 Å². The number of aromatic nitrogens is 1. The molecule has 1 aliphatic carbocycles. The lowest BCUT2D eigenvalue weighted by Gasteiger charge is -2.55. The van der Waals surface area contributed by atoms with Crippen molar-refractivity contribution in [2.45, 2.75) is 18.9 Å². The van der Waals surface area contributed by atoms with Gasteiger partial charge in [-0.2, -0.15) is 0 Å². The first-order valence-electron chi connectivity index (χ1n) is 6.78. The number of pyridine rings is 1. The van der Waals surface area contributed by atoms with E-state index in [1.165, 1.54) is 32.5 Å². The molecule has 0 N–H and O–H groups in total. The van der Waals surface area contributed by atoms with Gasteiger partial charge in [0.05, 0.1) is 11.2 Å². The van der Waals surface area contributed by atoms with Crippen LogP contribution in [-0.4, -0.2) is 35.6 Å². The Bertz CT molecular complexity index is 437. The Kier molecular flexibility index (Phi) is 2.52. The molecule has 0 unspecified atom stereocenters. The van der Waals surface area contributed by atoms with Gasteiger partial charge in [0, 0.05) is 37.7 Å². The fraction of sp³-hybridized carbons (Fsp3) is 0.643. The quantitative estimate of drug-likeness (QED) is 0.821. The van der Waals surface area contributed by atoms with Crippen LogP contribution in [0.15, 0.2) is 18.5 Å². The van der Waals surface area contributed by atoms with Crippen molar-refractivity contribution in [2.75, 3.05) is 19.6 Å². The van der Waals surface area contributed by atoms with Gasteiger partial charge in [-0.1, -0.05) is 11.6 Å². The molecule has 1 saturated carbocycles. The largest absolute Gasteiger partial charge is 0.487 e. The van der Waals surface area contributed by atoms with Crippen molar-refractivity contribution in [3.05, 3.63) is 23.5 Å². The summed E-state index contributed by atoms with van der Waals surface area (Å²) in [7, 11) is 0. The number of hydrogen-bond acceptors (Lipinski definition) is 3. The minimum atomic E-state index is 0.347. The normalized spacial score (nSPS) is 41.1. The summed E-state index contributed by atoms with van der Waals surface area (Å²) in [5.74, 6) is 3.04. The molecule has 4 fully saturated rings. The maximum Gasteiger partial charge on any atom is 0.156 e. The molecule has 96 valence electrons. The van der Waals surface area contributed by atoms with Crippen molar-refractivity contribution in [3.63, 3.8) is 0 Å². The van der Waals surface area contributed by atoms with Crippen molar-refractivity contribution in [2.24, 2.45) is 17.8 Å². The lowest BCUT2D eigenvalue weighted by molar-refractivity contribution is -0.0985. The molecular formula is C14H17ClN2O. The molecule has 3 nitrogen and oxygen atoms in total. The molecule has 2 atom stereocenters. The van der Waals surface area contributed by atoms with Crippen molar-refractivity contribution < 1.29 is 4.74 Å². The molecule has 0 spiro atoms. The first kappa shape index (κ1) is 11.1. The predicted octanol–water partition coefficient (Wildman–Crippen LogP) is 2.45. The second-order valence-corrected chi connectivity index (χ2v) is 6.37. The van der Waals surface area contributed by atoms with E-state index in [0.29, 0.717) is 23.0 Å². The lowest BCUT2D eigenvalue weighted by atomic mass is 9.66. The van der Waals surface area contributed by atoms with Crippen LogP contribution in [0.25, 0.3) is 0 Å². The van der Waals surface area contributed by atoms with E-state index in [1.807, 2.05) is 0 Å². The summed E-state index contributed by atoms with van der Waals surface area (Å²) < 4.78 is 6.20. The summed E-state index contributed by atoms with van der Waals surface area (Å²) >= 11 is 6.16. The van der Waals surface area contributed by atoms with E-state index in [0.717, 1.165) is 11.7 Å². The van der Waals surface area contributed by atoms with Crippen molar-refractivity contribution in [1.82, 2.24) is 9.88 Å². The molecule has 4 heteroatoms. The van der Waals surface area contributed by atoms with Crippen LogP contribution in [0.1, 0.15) is 12.8 Å². The summed E-state index contributed by atoms with van der Waals surface area (Å²) in [5.41, 5.74) is 0. The Hall–Kier alpha value is -0.800. The molecule has 5 rings (SSSR count). The number of piperidine rings is 3. The molecule has 4 bridgehead atoms. The molecule has 3 aliphatic heterocycles. The fourth-order valence-electron chi connectivity index (χ4n) is 4.15. The summed E-state index contributed by atoms with van der Waals surface area (Å²) in [4.78, 5) is 6.72. The zero-order valence-corrected chi connectivity index (χ0v) is 11.0. The van der Waals surface area contributed by atoms with Crippen LogP contribution in [-0.2, 0) is 0 Å². The molecule has 0 amide bonds. The van der Waals surface area contributed by atoms with E-state index in [2.05, 4.69) is 9.88 Å². The second-order valence-electron chi connectivity index (χ2n) is 5.96. The minimum Gasteiger partial charge on any atom is -0.487 e. The molecule has 1 aromatic heterocycles. The second kappa shape index (κ2) is 4.10. The molecule has 0 aromatic carbocycles. The Morgan fingerprint density at radius 2 is 2.00 bits per heavy atom. The SMILES string of the molecule is Clc1ccncc1OC1[C@H]2CC3C[C@H]1CN(C3)C2. The van der Waals surface area contributed by atoms with Crippen LogP contribution in [0.3, 0.4) is 0 Å². The van der Waals surface area contributed by atoms with Crippen LogP contribution in [0, 0.1) is 17.8 Å². The Labute approximate surface area is 112 Å². The molecule has 4 aliphatic rings. The van der Waals surface area contributed by atoms with Crippen molar-refractivity contribution in [1.29, 1.82) is 0 Å². The third kappa shape index (κ3) is 1.72. The highest BCUT2D eigenvalue weighted by Gasteiger charge is 2.48. The van der Waals surface area contributed by atoms with Crippen LogP contribution < -0.4 is 4.74 Å². The van der Waals surface area contributed by atoms with Gasteiger partial charge in [-0.25, -0.2) is 0 Å². The van der Waals surface area contributed by atoms with Gasteiger partial charge in [0.2, 0.25) is 0 Å². The number of halogens is 1. The van der Waals surface area contributed by atoms with Crippen LogP contribution in [0.2, 0.25) is 5.02 Å². The highest BCUT2D eigenvalue weighted by atomic mass is 35.5. The molecule has 18 heavy (non-hydrogen) atoms. The number of rotatable bonds is 2. The van der Waals surface area contributed by atoms with Gasteiger partial charge in [-0.05, 0) is 24.8 Å². The van der Waals surface area contributed by atoms with Crippen molar-refractivity contribution >= 4 is 11.6 Å². The van der Waals surface area contributed by atoms with Crippen LogP contribution in [0.5, 0.6) is 5.75 Å². The first-order chi connectivity index (χ1) is 8.79. The molecule has 4 heterocycles. The minimum absolute atomic E-state index is 0.347. The monoisotopic (exact) mass is 264 g/mol. The Balaban J connectivity index is 1.57. The van der Waals surface area contributed by atoms with Gasteiger partial charge in [0.25, 0.3) is 0 Å². The number of hydrogen-bond donors (Lipinski definition) is 0. The molecule has 3 saturated heterocycles. The standard InChI is InChI=1S/C14H17ClN2O/c15-12-1-2-16-5-13(12)18-14-10-3-9-4-11(14)8-17(6-9)7-10/h1-2,5,9-11,14H,3-4,6-8H2/t9?,10-,11-,14?/m0/s1. The Morgan fingerprint density at radius 1 is 1.22 bits per heavy atom. The van der Waals surface area contributed by atoms with Crippen LogP contribution >= 0.6 is 11.6 Å². The van der Waals surface area contributed by atoms with Crippen LogP contribution in [0.4, 0.5) is 0 Å². The molecule has 1 aromatic rings. The number of nitrogens with zero attached hydrogens (tertiary/aromatic N) is 2. The van der Waals surface area contributed by atoms with Gasteiger partial charge in [-0.15, -0.1) is 0 Å². The highest BCUT2D eigenvalue weighted by Crippen LogP contribution is 2.45. The molecular weight excluding hydrogens is 248 g/mol. The summed E-state index contributed by atoms with van der Waals surface area (Å²) in [6, 6.07) is 1.80. The van der Waals surface area contributed by atoms with Gasteiger partial charge in [0.1, 0.15) is 6.10 Å². The van der Waals surface area contributed by atoms with Crippen molar-refractivity contribution in [3.8, 4) is 5.75 Å². The average molecular weight is 265 g/mol. The van der Waals surface area contributed by atoms with E-state index in [4.69, 9.17) is 16.3 Å². The highest BCUT2D eigenvalue weighted by molar-refractivity contribution is 6.31. The van der Waals surface area contributed by atoms with E-state index >= 15 is 0 Å². The third-order valence-corrected chi connectivity index (χ3v) is 5.01. The summed E-state index contributed by atoms with van der Waals surface area (Å²) in [6.07, 6.45) is 6.45. The maximum atomic E-state index is 6.20. The Morgan fingerprint density at radius 3 is 2.67 bits per heavy atom. The van der Waals surface area contributed by atoms with Gasteiger partial charge < -0.3 is 9.64 Å². The smallest absolute Gasteiger partial charge is 0.156 e.